The molecule has 4 amide bonds. The van der Waals surface area contributed by atoms with E-state index in [1.165, 1.54) is 0 Å². The van der Waals surface area contributed by atoms with Crippen LogP contribution in [0.25, 0.3) is 0 Å². The van der Waals surface area contributed by atoms with E-state index >= 15 is 0 Å². The van der Waals surface area contributed by atoms with Crippen LogP contribution in [0.2, 0.25) is 0 Å². The molecule has 3 N–H and O–H groups in total. The third-order valence-corrected chi connectivity index (χ3v) is 7.56. The van der Waals surface area contributed by atoms with Crippen molar-refractivity contribution >= 4 is 35.2 Å². The van der Waals surface area contributed by atoms with E-state index in [1.54, 1.807) is 34.1 Å². The Hall–Kier alpha value is -4.70. The zero-order valence-electron chi connectivity index (χ0n) is 22.9. The van der Waals surface area contributed by atoms with E-state index in [9.17, 15) is 19.2 Å². The minimum atomic E-state index is -0.888. The van der Waals surface area contributed by atoms with E-state index in [0.717, 1.165) is 27.9 Å². The number of aliphatic carboxylic acids is 1. The molecule has 2 aliphatic heterocycles. The Bertz CT molecular complexity index is 1450. The molecule has 0 saturated carbocycles. The first-order valence-corrected chi connectivity index (χ1v) is 13.6. The van der Waals surface area contributed by atoms with Crippen molar-refractivity contribution in [3.05, 3.63) is 95.1 Å². The van der Waals surface area contributed by atoms with Crippen LogP contribution in [0, 0.1) is 6.92 Å². The molecular weight excluding hydrogens is 522 g/mol. The molecule has 5 rings (SSSR count). The SMILES string of the molecule is Cc1ccccc1NC(=O)Nc1ccc(CC(=O)N2Cc3ccccc3C2C(=O)N2CCN(CC(=O)O)CC2)cc1. The number of urea groups is 1. The number of hydrogen-bond donors (Lipinski definition) is 3. The topological polar surface area (TPSA) is 122 Å². The molecule has 3 aromatic carbocycles. The fraction of sp³-hybridized carbons (Fsp3) is 0.290. The molecule has 10 nitrogen and oxygen atoms in total. The van der Waals surface area contributed by atoms with Crippen LogP contribution < -0.4 is 10.6 Å². The number of fused-ring (bicyclic) bond motifs is 1. The van der Waals surface area contributed by atoms with Gasteiger partial charge in [-0.1, -0.05) is 54.6 Å². The van der Waals surface area contributed by atoms with Gasteiger partial charge in [-0.05, 0) is 47.4 Å². The first-order valence-electron chi connectivity index (χ1n) is 13.6. The monoisotopic (exact) mass is 555 g/mol. The highest BCUT2D eigenvalue weighted by Gasteiger charge is 2.40. The number of para-hydroxylation sites is 1. The largest absolute Gasteiger partial charge is 0.480 e. The summed E-state index contributed by atoms with van der Waals surface area (Å²) in [5, 5.41) is 14.7. The molecule has 212 valence electrons. The number of carboxylic acid groups (broad SMARTS) is 1. The summed E-state index contributed by atoms with van der Waals surface area (Å²) in [6.45, 7) is 4.00. The molecule has 0 aliphatic carbocycles. The fourth-order valence-electron chi connectivity index (χ4n) is 5.36. The summed E-state index contributed by atoms with van der Waals surface area (Å²) < 4.78 is 0. The maximum absolute atomic E-state index is 13.7. The van der Waals surface area contributed by atoms with E-state index in [4.69, 9.17) is 5.11 Å². The molecule has 0 bridgehead atoms. The smallest absolute Gasteiger partial charge is 0.323 e. The molecule has 1 saturated heterocycles. The van der Waals surface area contributed by atoms with Gasteiger partial charge in [-0.25, -0.2) is 4.79 Å². The van der Waals surface area contributed by atoms with Crippen molar-refractivity contribution < 1.29 is 24.3 Å². The number of rotatable bonds is 7. The minimum Gasteiger partial charge on any atom is -0.480 e. The number of hydrogen-bond acceptors (Lipinski definition) is 5. The Morgan fingerprint density at radius 2 is 1.54 bits per heavy atom. The highest BCUT2D eigenvalue weighted by atomic mass is 16.4. The van der Waals surface area contributed by atoms with Crippen molar-refractivity contribution in [1.29, 1.82) is 0 Å². The van der Waals surface area contributed by atoms with Gasteiger partial charge in [0.15, 0.2) is 0 Å². The van der Waals surface area contributed by atoms with Crippen molar-refractivity contribution in [2.24, 2.45) is 0 Å². The second kappa shape index (κ2) is 12.2. The van der Waals surface area contributed by atoms with E-state index in [1.807, 2.05) is 60.4 Å². The molecule has 1 unspecified atom stereocenters. The Labute approximate surface area is 238 Å². The van der Waals surface area contributed by atoms with Crippen molar-refractivity contribution in [3.63, 3.8) is 0 Å². The average Bonchev–Trinajstić information content (AvgIpc) is 3.35. The van der Waals surface area contributed by atoms with Gasteiger partial charge in [0.05, 0.1) is 13.0 Å². The van der Waals surface area contributed by atoms with Gasteiger partial charge in [0.1, 0.15) is 6.04 Å². The first kappa shape index (κ1) is 27.9. The number of nitrogens with one attached hydrogen (secondary N) is 2. The summed E-state index contributed by atoms with van der Waals surface area (Å²) in [5.74, 6) is -1.19. The predicted octanol–water partition coefficient (Wildman–Crippen LogP) is 3.49. The number of amides is 4. The maximum atomic E-state index is 13.7. The van der Waals surface area contributed by atoms with Crippen LogP contribution in [0.15, 0.2) is 72.8 Å². The zero-order chi connectivity index (χ0) is 28.9. The summed E-state index contributed by atoms with van der Waals surface area (Å²) in [6.07, 6.45) is 0.111. The second-order valence-electron chi connectivity index (χ2n) is 10.4. The zero-order valence-corrected chi connectivity index (χ0v) is 22.9. The Balaban J connectivity index is 1.23. The highest BCUT2D eigenvalue weighted by Crippen LogP contribution is 2.36. The van der Waals surface area contributed by atoms with Crippen LogP contribution in [0.3, 0.4) is 0 Å². The Morgan fingerprint density at radius 3 is 2.24 bits per heavy atom. The van der Waals surface area contributed by atoms with Gasteiger partial charge in [-0.2, -0.15) is 0 Å². The Kier molecular flexibility index (Phi) is 8.30. The predicted molar refractivity (Wildman–Crippen MR) is 154 cm³/mol. The van der Waals surface area contributed by atoms with Crippen LogP contribution in [0.5, 0.6) is 0 Å². The van der Waals surface area contributed by atoms with Crippen molar-refractivity contribution in [1.82, 2.24) is 14.7 Å². The normalized spacial score (nSPS) is 16.7. The molecule has 2 aliphatic rings. The lowest BCUT2D eigenvalue weighted by molar-refractivity contribution is -0.147. The average molecular weight is 556 g/mol. The molecule has 3 aromatic rings. The first-order chi connectivity index (χ1) is 19.8. The molecule has 10 heteroatoms. The summed E-state index contributed by atoms with van der Waals surface area (Å²) in [5.41, 5.74) is 4.82. The van der Waals surface area contributed by atoms with Gasteiger partial charge in [0.25, 0.3) is 0 Å². The molecule has 1 atom stereocenters. The Morgan fingerprint density at radius 1 is 0.854 bits per heavy atom. The van der Waals surface area contributed by atoms with Crippen LogP contribution in [-0.2, 0) is 27.3 Å². The number of anilines is 2. The number of aryl methyl sites for hydroxylation is 1. The van der Waals surface area contributed by atoms with Crippen LogP contribution in [-0.4, -0.2) is 76.3 Å². The van der Waals surface area contributed by atoms with Crippen molar-refractivity contribution in [2.75, 3.05) is 43.4 Å². The number of benzene rings is 3. The number of carboxylic acids is 1. The minimum absolute atomic E-state index is 0.0510. The van der Waals surface area contributed by atoms with Gasteiger partial charge in [0.2, 0.25) is 11.8 Å². The molecule has 1 fully saturated rings. The highest BCUT2D eigenvalue weighted by molar-refractivity contribution is 6.00. The standard InChI is InChI=1S/C31H33N5O5/c1-21-6-2-5-9-26(21)33-31(41)32-24-12-10-22(11-13-24)18-27(37)36-19-23-7-3-4-8-25(23)29(36)30(40)35-16-14-34(15-17-35)20-28(38)39/h2-13,29H,14-20H2,1H3,(H,38,39)(H2,32,33,41). The van der Waals surface area contributed by atoms with E-state index in [2.05, 4.69) is 10.6 Å². The van der Waals surface area contributed by atoms with Crippen LogP contribution >= 0.6 is 0 Å². The van der Waals surface area contributed by atoms with Crippen LogP contribution in [0.1, 0.15) is 28.3 Å². The van der Waals surface area contributed by atoms with Gasteiger partial charge >= 0.3 is 12.0 Å². The molecule has 41 heavy (non-hydrogen) atoms. The van der Waals surface area contributed by atoms with Gasteiger partial charge < -0.3 is 25.5 Å². The molecular formula is C31H33N5O5. The third kappa shape index (κ3) is 6.55. The summed E-state index contributed by atoms with van der Waals surface area (Å²) in [7, 11) is 0. The van der Waals surface area contributed by atoms with Gasteiger partial charge in [0, 0.05) is 44.1 Å². The summed E-state index contributed by atoms with van der Waals surface area (Å²) in [6, 6.07) is 21.1. The van der Waals surface area contributed by atoms with Gasteiger partial charge in [-0.3, -0.25) is 19.3 Å². The number of piperazine rings is 1. The number of carbonyl (C=O) groups is 4. The van der Waals surface area contributed by atoms with Crippen molar-refractivity contribution in [3.8, 4) is 0 Å². The van der Waals surface area contributed by atoms with E-state index in [0.29, 0.717) is 38.4 Å². The fourth-order valence-corrected chi connectivity index (χ4v) is 5.36. The van der Waals surface area contributed by atoms with E-state index < -0.39 is 12.0 Å². The lowest BCUT2D eigenvalue weighted by Crippen LogP contribution is -2.52. The maximum Gasteiger partial charge on any atom is 0.323 e. The number of carbonyl (C=O) groups excluding carboxylic acids is 3. The summed E-state index contributed by atoms with van der Waals surface area (Å²) in [4.78, 5) is 55.9. The van der Waals surface area contributed by atoms with Gasteiger partial charge in [-0.15, -0.1) is 0 Å². The summed E-state index contributed by atoms with van der Waals surface area (Å²) >= 11 is 0. The van der Waals surface area contributed by atoms with Crippen molar-refractivity contribution in [2.45, 2.75) is 25.9 Å². The molecule has 0 radical (unpaired) electrons. The molecule has 2 heterocycles. The molecule has 0 aromatic heterocycles. The molecule has 0 spiro atoms. The lowest BCUT2D eigenvalue weighted by atomic mass is 10.0. The lowest BCUT2D eigenvalue weighted by Gasteiger charge is -2.37. The number of nitrogens with zero attached hydrogens (tertiary/aromatic N) is 3. The van der Waals surface area contributed by atoms with E-state index in [-0.39, 0.29) is 30.8 Å². The quantitative estimate of drug-likeness (QED) is 0.410. The second-order valence-corrected chi connectivity index (χ2v) is 10.4. The van der Waals surface area contributed by atoms with Crippen LogP contribution in [0.4, 0.5) is 16.2 Å². The third-order valence-electron chi connectivity index (χ3n) is 7.56.